The molecule has 150 valence electrons. The molecule has 29 heavy (non-hydrogen) atoms. The van der Waals surface area contributed by atoms with Crippen molar-refractivity contribution < 1.29 is 4.79 Å². The van der Waals surface area contributed by atoms with Crippen molar-refractivity contribution in [1.29, 1.82) is 0 Å². The maximum atomic E-state index is 12.3. The molecule has 3 aromatic rings. The van der Waals surface area contributed by atoms with Gasteiger partial charge in [-0.3, -0.25) is 9.48 Å². The number of carbonyl (C=O) groups is 1. The number of aryl methyl sites for hydroxylation is 2. The first-order chi connectivity index (χ1) is 14.1. The molecular weight excluding hydrogens is 364 g/mol. The molecule has 3 heterocycles. The number of hydrogen-bond donors (Lipinski definition) is 1. The summed E-state index contributed by atoms with van der Waals surface area (Å²) in [5, 5.41) is 16.1. The highest BCUT2D eigenvalue weighted by Crippen LogP contribution is 2.23. The van der Waals surface area contributed by atoms with E-state index in [0.717, 1.165) is 48.7 Å². The monoisotopic (exact) mass is 390 g/mol. The van der Waals surface area contributed by atoms with Crippen molar-refractivity contribution in [3.8, 4) is 11.3 Å². The molecule has 1 aromatic carbocycles. The van der Waals surface area contributed by atoms with Crippen LogP contribution < -0.4 is 10.2 Å². The Bertz CT molecular complexity index is 939. The molecule has 2 aromatic heterocycles. The molecule has 7 nitrogen and oxygen atoms in total. The molecule has 0 aliphatic carbocycles. The fraction of sp³-hybridized carbons (Fsp3) is 0.364. The smallest absolute Gasteiger partial charge is 0.271 e. The largest absolute Gasteiger partial charge is 0.355 e. The van der Waals surface area contributed by atoms with Crippen LogP contribution in [0.1, 0.15) is 29.0 Å². The van der Waals surface area contributed by atoms with Crippen molar-refractivity contribution in [2.24, 2.45) is 13.0 Å². The Morgan fingerprint density at radius 1 is 1.10 bits per heavy atom. The van der Waals surface area contributed by atoms with Crippen LogP contribution in [0.2, 0.25) is 0 Å². The number of aromatic nitrogens is 4. The average Bonchev–Trinajstić information content (AvgIpc) is 3.11. The van der Waals surface area contributed by atoms with Crippen molar-refractivity contribution in [2.75, 3.05) is 24.5 Å². The summed E-state index contributed by atoms with van der Waals surface area (Å²) < 4.78 is 1.72. The highest BCUT2D eigenvalue weighted by atomic mass is 16.1. The van der Waals surface area contributed by atoms with Gasteiger partial charge in [0.25, 0.3) is 5.91 Å². The first kappa shape index (κ1) is 19.1. The van der Waals surface area contributed by atoms with Crippen LogP contribution in [0.25, 0.3) is 11.3 Å². The van der Waals surface area contributed by atoms with Gasteiger partial charge >= 0.3 is 0 Å². The number of benzene rings is 1. The molecule has 0 unspecified atom stereocenters. The summed E-state index contributed by atoms with van der Waals surface area (Å²) >= 11 is 0. The molecule has 0 bridgehead atoms. The van der Waals surface area contributed by atoms with Gasteiger partial charge in [0, 0.05) is 37.9 Å². The summed E-state index contributed by atoms with van der Waals surface area (Å²) in [6, 6.07) is 16.0. The van der Waals surface area contributed by atoms with E-state index in [1.165, 1.54) is 0 Å². The number of amides is 1. The van der Waals surface area contributed by atoms with E-state index < -0.39 is 0 Å². The molecule has 4 rings (SSSR count). The molecule has 1 aliphatic heterocycles. The normalized spacial score (nSPS) is 14.8. The van der Waals surface area contributed by atoms with Gasteiger partial charge in [-0.2, -0.15) is 5.10 Å². The summed E-state index contributed by atoms with van der Waals surface area (Å²) in [7, 11) is 1.84. The Morgan fingerprint density at radius 2 is 1.86 bits per heavy atom. The fourth-order valence-corrected chi connectivity index (χ4v) is 3.62. The number of hydrogen-bond acceptors (Lipinski definition) is 5. The zero-order chi connectivity index (χ0) is 20.2. The number of rotatable bonds is 5. The van der Waals surface area contributed by atoms with Crippen LogP contribution in [0.5, 0.6) is 0 Å². The van der Waals surface area contributed by atoms with Crippen molar-refractivity contribution in [3.05, 3.63) is 59.9 Å². The lowest BCUT2D eigenvalue weighted by Gasteiger charge is -2.32. The quantitative estimate of drug-likeness (QED) is 0.725. The van der Waals surface area contributed by atoms with Gasteiger partial charge in [0.1, 0.15) is 5.69 Å². The first-order valence-electron chi connectivity index (χ1n) is 10.0. The van der Waals surface area contributed by atoms with Gasteiger partial charge in [0.2, 0.25) is 0 Å². The predicted molar refractivity (Wildman–Crippen MR) is 113 cm³/mol. The number of nitrogens with one attached hydrogen (secondary N) is 1. The minimum atomic E-state index is -0.0986. The van der Waals surface area contributed by atoms with Crippen LogP contribution >= 0.6 is 0 Å². The van der Waals surface area contributed by atoms with Crippen LogP contribution in [0.15, 0.2) is 48.5 Å². The lowest BCUT2D eigenvalue weighted by atomic mass is 9.96. The number of piperidine rings is 1. The Kier molecular flexibility index (Phi) is 5.55. The van der Waals surface area contributed by atoms with E-state index in [2.05, 4.69) is 25.5 Å². The number of nitrogens with zero attached hydrogens (tertiary/aromatic N) is 5. The first-order valence-corrected chi connectivity index (χ1v) is 10.0. The van der Waals surface area contributed by atoms with Gasteiger partial charge in [0.15, 0.2) is 5.82 Å². The van der Waals surface area contributed by atoms with Crippen LogP contribution in [-0.2, 0) is 7.05 Å². The fourth-order valence-electron chi connectivity index (χ4n) is 3.62. The van der Waals surface area contributed by atoms with Crippen molar-refractivity contribution >= 4 is 11.7 Å². The second kappa shape index (κ2) is 8.43. The Morgan fingerprint density at radius 3 is 2.48 bits per heavy atom. The van der Waals surface area contributed by atoms with Gasteiger partial charge in [-0.25, -0.2) is 0 Å². The standard InChI is InChI=1S/C22H26N6O/c1-16-14-20(26-27(16)2)22(29)23-15-17-10-12-28(13-11-17)21-9-8-19(24-25-21)18-6-4-3-5-7-18/h3-9,14,17H,10-13,15H2,1-2H3,(H,23,29). The molecule has 0 spiro atoms. The number of carbonyl (C=O) groups excluding carboxylic acids is 1. The zero-order valence-electron chi connectivity index (χ0n) is 16.9. The summed E-state index contributed by atoms with van der Waals surface area (Å²) in [4.78, 5) is 14.5. The summed E-state index contributed by atoms with van der Waals surface area (Å²) in [6.07, 6.45) is 2.04. The second-order valence-corrected chi connectivity index (χ2v) is 7.58. The topological polar surface area (TPSA) is 75.9 Å². The van der Waals surface area contributed by atoms with Gasteiger partial charge in [-0.05, 0) is 43.9 Å². The Labute approximate surface area is 170 Å². The Hall–Kier alpha value is -3.22. The third-order valence-electron chi connectivity index (χ3n) is 5.56. The zero-order valence-corrected chi connectivity index (χ0v) is 16.9. The van der Waals surface area contributed by atoms with E-state index in [0.29, 0.717) is 18.2 Å². The van der Waals surface area contributed by atoms with Crippen molar-refractivity contribution in [2.45, 2.75) is 19.8 Å². The maximum Gasteiger partial charge on any atom is 0.271 e. The van der Waals surface area contributed by atoms with Crippen molar-refractivity contribution in [1.82, 2.24) is 25.3 Å². The lowest BCUT2D eigenvalue weighted by molar-refractivity contribution is 0.0939. The second-order valence-electron chi connectivity index (χ2n) is 7.58. The van der Waals surface area contributed by atoms with Gasteiger partial charge in [-0.15, -0.1) is 10.2 Å². The molecule has 1 aliphatic rings. The minimum Gasteiger partial charge on any atom is -0.355 e. The SMILES string of the molecule is Cc1cc(C(=O)NCC2CCN(c3ccc(-c4ccccc4)nn3)CC2)nn1C. The van der Waals surface area contributed by atoms with Gasteiger partial charge in [-0.1, -0.05) is 30.3 Å². The van der Waals surface area contributed by atoms with E-state index in [-0.39, 0.29) is 5.91 Å². The molecule has 1 N–H and O–H groups in total. The van der Waals surface area contributed by atoms with Gasteiger partial charge in [0.05, 0.1) is 5.69 Å². The molecule has 1 saturated heterocycles. The molecule has 0 atom stereocenters. The van der Waals surface area contributed by atoms with Crippen LogP contribution in [-0.4, -0.2) is 45.5 Å². The molecule has 1 fully saturated rings. The predicted octanol–water partition coefficient (Wildman–Crippen LogP) is 2.83. The Balaban J connectivity index is 1.27. The highest BCUT2D eigenvalue weighted by Gasteiger charge is 2.21. The van der Waals surface area contributed by atoms with Gasteiger partial charge < -0.3 is 10.2 Å². The van der Waals surface area contributed by atoms with Crippen LogP contribution in [0.3, 0.4) is 0 Å². The third kappa shape index (κ3) is 4.45. The summed E-state index contributed by atoms with van der Waals surface area (Å²) in [5.74, 6) is 1.28. The molecule has 7 heteroatoms. The van der Waals surface area contributed by atoms with Crippen LogP contribution in [0, 0.1) is 12.8 Å². The van der Waals surface area contributed by atoms with E-state index >= 15 is 0 Å². The summed E-state index contributed by atoms with van der Waals surface area (Å²) in [5.41, 5.74) is 3.42. The average molecular weight is 390 g/mol. The van der Waals surface area contributed by atoms with E-state index in [4.69, 9.17) is 0 Å². The lowest BCUT2D eigenvalue weighted by Crippen LogP contribution is -2.39. The third-order valence-corrected chi connectivity index (χ3v) is 5.56. The van der Waals surface area contributed by atoms with E-state index in [1.54, 1.807) is 4.68 Å². The molecule has 0 saturated carbocycles. The maximum absolute atomic E-state index is 12.3. The molecular formula is C22H26N6O. The highest BCUT2D eigenvalue weighted by molar-refractivity contribution is 5.92. The summed E-state index contributed by atoms with van der Waals surface area (Å²) in [6.45, 7) is 4.46. The number of anilines is 1. The minimum absolute atomic E-state index is 0.0986. The van der Waals surface area contributed by atoms with Crippen LogP contribution in [0.4, 0.5) is 5.82 Å². The molecule has 1 amide bonds. The van der Waals surface area contributed by atoms with E-state index in [9.17, 15) is 4.79 Å². The molecule has 0 radical (unpaired) electrons. The van der Waals surface area contributed by atoms with E-state index in [1.807, 2.05) is 62.5 Å². The van der Waals surface area contributed by atoms with Crippen molar-refractivity contribution in [3.63, 3.8) is 0 Å².